The number of H-pyrrole nitrogens is 1. The predicted molar refractivity (Wildman–Crippen MR) is 108 cm³/mol. The summed E-state index contributed by atoms with van der Waals surface area (Å²) in [4.78, 5) is 26.7. The SMILES string of the molecule is O=C(c1nc2ccccc2[nH]1)N1CCC(Oc2ncccc2C2CCOCC2)C1. The van der Waals surface area contributed by atoms with Gasteiger partial charge in [-0.2, -0.15) is 0 Å². The number of rotatable bonds is 4. The van der Waals surface area contributed by atoms with Gasteiger partial charge in [0.2, 0.25) is 5.88 Å². The number of aromatic amines is 1. The molecule has 1 atom stereocenters. The van der Waals surface area contributed by atoms with Gasteiger partial charge in [0.05, 0.1) is 17.6 Å². The number of hydrogen-bond donors (Lipinski definition) is 1. The van der Waals surface area contributed by atoms with Crippen LogP contribution < -0.4 is 4.74 Å². The largest absolute Gasteiger partial charge is 0.472 e. The van der Waals surface area contributed by atoms with Crippen molar-refractivity contribution in [1.29, 1.82) is 0 Å². The number of ether oxygens (including phenoxy) is 2. The topological polar surface area (TPSA) is 80.3 Å². The van der Waals surface area contributed by atoms with Crippen LogP contribution in [0.5, 0.6) is 5.88 Å². The second kappa shape index (κ2) is 7.83. The van der Waals surface area contributed by atoms with Crippen molar-refractivity contribution in [3.05, 3.63) is 54.0 Å². The van der Waals surface area contributed by atoms with Crippen LogP contribution in [0.3, 0.4) is 0 Å². The molecule has 1 amide bonds. The summed E-state index contributed by atoms with van der Waals surface area (Å²) in [5.41, 5.74) is 2.83. The third-order valence-electron chi connectivity index (χ3n) is 5.76. The Bertz CT molecular complexity index is 979. The van der Waals surface area contributed by atoms with Gasteiger partial charge in [-0.1, -0.05) is 18.2 Å². The van der Waals surface area contributed by atoms with Crippen LogP contribution in [0.25, 0.3) is 11.0 Å². The van der Waals surface area contributed by atoms with Gasteiger partial charge in [-0.3, -0.25) is 4.79 Å². The Balaban J connectivity index is 1.27. The minimum Gasteiger partial charge on any atom is -0.472 e. The van der Waals surface area contributed by atoms with Gasteiger partial charge in [-0.05, 0) is 37.0 Å². The van der Waals surface area contributed by atoms with E-state index in [0.29, 0.717) is 30.7 Å². The lowest BCUT2D eigenvalue weighted by Crippen LogP contribution is -2.31. The number of para-hydroxylation sites is 2. The summed E-state index contributed by atoms with van der Waals surface area (Å²) in [6, 6.07) is 11.7. The summed E-state index contributed by atoms with van der Waals surface area (Å²) in [6.45, 7) is 2.75. The van der Waals surface area contributed by atoms with Gasteiger partial charge in [0.1, 0.15) is 6.10 Å². The Hall–Kier alpha value is -2.93. The number of fused-ring (bicyclic) bond motifs is 1. The molecular weight excluding hydrogens is 368 g/mol. The maximum Gasteiger partial charge on any atom is 0.289 e. The highest BCUT2D eigenvalue weighted by Crippen LogP contribution is 2.33. The van der Waals surface area contributed by atoms with Crippen LogP contribution >= 0.6 is 0 Å². The number of nitrogens with one attached hydrogen (secondary N) is 1. The summed E-state index contributed by atoms with van der Waals surface area (Å²) in [6.07, 6.45) is 4.48. The lowest BCUT2D eigenvalue weighted by molar-refractivity contribution is 0.0755. The molecule has 0 saturated carbocycles. The van der Waals surface area contributed by atoms with Crippen molar-refractivity contribution in [2.75, 3.05) is 26.3 Å². The standard InChI is InChI=1S/C22H24N4O3/c27-22(20-24-18-5-1-2-6-19(18)25-20)26-11-7-16(14-26)29-21-17(4-3-10-23-21)15-8-12-28-13-9-15/h1-6,10,15-16H,7-9,11-14H2,(H,24,25). The van der Waals surface area contributed by atoms with E-state index in [4.69, 9.17) is 9.47 Å². The van der Waals surface area contributed by atoms with Crippen LogP contribution in [-0.2, 0) is 4.74 Å². The zero-order valence-electron chi connectivity index (χ0n) is 16.2. The van der Waals surface area contributed by atoms with Crippen LogP contribution in [0.15, 0.2) is 42.6 Å². The van der Waals surface area contributed by atoms with Gasteiger partial charge in [0.25, 0.3) is 5.91 Å². The fourth-order valence-electron chi connectivity index (χ4n) is 4.19. The Kier molecular flexibility index (Phi) is 4.89. The first-order chi connectivity index (χ1) is 14.3. The zero-order chi connectivity index (χ0) is 19.6. The van der Waals surface area contributed by atoms with Crippen molar-refractivity contribution in [2.45, 2.75) is 31.3 Å². The Morgan fingerprint density at radius 1 is 1.14 bits per heavy atom. The highest BCUT2D eigenvalue weighted by atomic mass is 16.5. The normalized spacial score (nSPS) is 20.3. The molecule has 2 aliphatic heterocycles. The number of amides is 1. The van der Waals surface area contributed by atoms with Crippen molar-refractivity contribution in [3.63, 3.8) is 0 Å². The Labute approximate surface area is 169 Å². The van der Waals surface area contributed by atoms with Crippen LogP contribution in [0.2, 0.25) is 0 Å². The third kappa shape index (κ3) is 3.70. The molecule has 0 aliphatic carbocycles. The molecule has 29 heavy (non-hydrogen) atoms. The van der Waals surface area contributed by atoms with Gasteiger partial charge in [-0.25, -0.2) is 9.97 Å². The molecule has 4 heterocycles. The van der Waals surface area contributed by atoms with Crippen LogP contribution in [0, 0.1) is 0 Å². The van der Waals surface area contributed by atoms with E-state index in [9.17, 15) is 4.79 Å². The number of benzene rings is 1. The molecule has 1 aromatic carbocycles. The molecule has 5 rings (SSSR count). The van der Waals surface area contributed by atoms with E-state index in [1.165, 1.54) is 0 Å². The van der Waals surface area contributed by atoms with Crippen molar-refractivity contribution < 1.29 is 14.3 Å². The van der Waals surface area contributed by atoms with Gasteiger partial charge < -0.3 is 19.4 Å². The van der Waals surface area contributed by atoms with E-state index in [1.807, 2.05) is 30.3 Å². The summed E-state index contributed by atoms with van der Waals surface area (Å²) in [5.74, 6) is 1.41. The van der Waals surface area contributed by atoms with E-state index >= 15 is 0 Å². The van der Waals surface area contributed by atoms with Gasteiger partial charge in [0.15, 0.2) is 5.82 Å². The predicted octanol–water partition coefficient (Wildman–Crippen LogP) is 3.15. The minimum absolute atomic E-state index is 0.0585. The molecule has 7 heteroatoms. The van der Waals surface area contributed by atoms with Crippen molar-refractivity contribution >= 4 is 16.9 Å². The van der Waals surface area contributed by atoms with Gasteiger partial charge in [0, 0.05) is 37.9 Å². The van der Waals surface area contributed by atoms with Gasteiger partial charge >= 0.3 is 0 Å². The number of imidazole rings is 1. The fraction of sp³-hybridized carbons (Fsp3) is 0.409. The van der Waals surface area contributed by atoms with Crippen LogP contribution in [-0.4, -0.2) is 58.2 Å². The molecular formula is C22H24N4O3. The highest BCUT2D eigenvalue weighted by molar-refractivity contribution is 5.94. The summed E-state index contributed by atoms with van der Waals surface area (Å²) >= 11 is 0. The van der Waals surface area contributed by atoms with Crippen molar-refractivity contribution in [2.24, 2.45) is 0 Å². The third-order valence-corrected chi connectivity index (χ3v) is 5.76. The number of aromatic nitrogens is 3. The molecule has 0 spiro atoms. The van der Waals surface area contributed by atoms with Gasteiger partial charge in [-0.15, -0.1) is 0 Å². The number of carbonyl (C=O) groups excluding carboxylic acids is 1. The molecule has 7 nitrogen and oxygen atoms in total. The molecule has 0 radical (unpaired) electrons. The highest BCUT2D eigenvalue weighted by Gasteiger charge is 2.31. The van der Waals surface area contributed by atoms with Crippen molar-refractivity contribution in [1.82, 2.24) is 19.9 Å². The molecule has 1 N–H and O–H groups in total. The monoisotopic (exact) mass is 392 g/mol. The van der Waals surface area contributed by atoms with E-state index in [0.717, 1.165) is 49.1 Å². The number of hydrogen-bond acceptors (Lipinski definition) is 5. The lowest BCUT2D eigenvalue weighted by atomic mass is 9.92. The van der Waals surface area contributed by atoms with E-state index in [2.05, 4.69) is 21.0 Å². The molecule has 2 saturated heterocycles. The quantitative estimate of drug-likeness (QED) is 0.738. The van der Waals surface area contributed by atoms with E-state index in [-0.39, 0.29) is 12.0 Å². The molecule has 150 valence electrons. The number of carbonyl (C=O) groups is 1. The maximum atomic E-state index is 12.9. The van der Waals surface area contributed by atoms with E-state index in [1.54, 1.807) is 11.1 Å². The van der Waals surface area contributed by atoms with Crippen LogP contribution in [0.4, 0.5) is 0 Å². The first kappa shape index (κ1) is 18.1. The summed E-state index contributed by atoms with van der Waals surface area (Å²) in [7, 11) is 0. The first-order valence-electron chi connectivity index (χ1n) is 10.2. The second-order valence-electron chi connectivity index (χ2n) is 7.67. The fourth-order valence-corrected chi connectivity index (χ4v) is 4.19. The average Bonchev–Trinajstić information content (AvgIpc) is 3.41. The molecule has 2 fully saturated rings. The van der Waals surface area contributed by atoms with E-state index < -0.39 is 0 Å². The minimum atomic E-state index is -0.0852. The molecule has 2 aliphatic rings. The molecule has 2 aromatic heterocycles. The van der Waals surface area contributed by atoms with Crippen LogP contribution in [0.1, 0.15) is 41.4 Å². The summed E-state index contributed by atoms with van der Waals surface area (Å²) < 4.78 is 11.7. The zero-order valence-corrected chi connectivity index (χ0v) is 16.2. The Morgan fingerprint density at radius 3 is 2.86 bits per heavy atom. The molecule has 1 unspecified atom stereocenters. The molecule has 0 bridgehead atoms. The number of pyridine rings is 1. The number of likely N-dealkylation sites (tertiary alicyclic amines) is 1. The lowest BCUT2D eigenvalue weighted by Gasteiger charge is -2.24. The maximum absolute atomic E-state index is 12.9. The number of nitrogens with zero attached hydrogens (tertiary/aromatic N) is 3. The van der Waals surface area contributed by atoms with Crippen molar-refractivity contribution in [3.8, 4) is 5.88 Å². The second-order valence-corrected chi connectivity index (χ2v) is 7.67. The average molecular weight is 392 g/mol. The summed E-state index contributed by atoms with van der Waals surface area (Å²) in [5, 5.41) is 0. The first-order valence-corrected chi connectivity index (χ1v) is 10.2. The smallest absolute Gasteiger partial charge is 0.289 e. The molecule has 3 aromatic rings. The Morgan fingerprint density at radius 2 is 2.00 bits per heavy atom.